The number of benzene rings is 2. The molecule has 2 aromatic carbocycles. The fourth-order valence-corrected chi connectivity index (χ4v) is 2.82. The third kappa shape index (κ3) is 3.27. The molecular weight excluding hydrogens is 330 g/mol. The summed E-state index contributed by atoms with van der Waals surface area (Å²) in [5.74, 6) is 0.658. The summed E-state index contributed by atoms with van der Waals surface area (Å²) in [6.07, 6.45) is 0. The van der Waals surface area contributed by atoms with Gasteiger partial charge in [0.2, 0.25) is 0 Å². The van der Waals surface area contributed by atoms with Gasteiger partial charge in [-0.2, -0.15) is 0 Å². The average molecular weight is 348 g/mol. The van der Waals surface area contributed by atoms with Gasteiger partial charge < -0.3 is 9.64 Å². The molecule has 0 spiro atoms. The van der Waals surface area contributed by atoms with Crippen LogP contribution in [0.5, 0.6) is 5.75 Å². The first-order valence-electron chi connectivity index (χ1n) is 6.63. The molecule has 3 nitrogen and oxygen atoms in total. The fourth-order valence-electron chi connectivity index (χ4n) is 2.28. The molecule has 4 heteroatoms. The molecule has 0 aliphatic carbocycles. The van der Waals surface area contributed by atoms with Gasteiger partial charge in [0.1, 0.15) is 5.75 Å². The van der Waals surface area contributed by atoms with Crippen molar-refractivity contribution in [3.63, 3.8) is 0 Å². The van der Waals surface area contributed by atoms with Crippen LogP contribution in [0.1, 0.15) is 21.5 Å². The van der Waals surface area contributed by atoms with Crippen LogP contribution in [0.25, 0.3) is 0 Å². The van der Waals surface area contributed by atoms with Crippen molar-refractivity contribution < 1.29 is 9.53 Å². The normalized spacial score (nSPS) is 10.3. The van der Waals surface area contributed by atoms with Gasteiger partial charge >= 0.3 is 0 Å². The maximum absolute atomic E-state index is 12.6. The molecule has 21 heavy (non-hydrogen) atoms. The Hall–Kier alpha value is -1.81. The lowest BCUT2D eigenvalue weighted by Crippen LogP contribution is -2.26. The molecule has 0 heterocycles. The van der Waals surface area contributed by atoms with Gasteiger partial charge in [0.05, 0.1) is 11.6 Å². The summed E-state index contributed by atoms with van der Waals surface area (Å²) in [5.41, 5.74) is 3.80. The lowest BCUT2D eigenvalue weighted by atomic mass is 10.1. The second kappa shape index (κ2) is 6.31. The van der Waals surface area contributed by atoms with Gasteiger partial charge in [-0.3, -0.25) is 4.79 Å². The van der Waals surface area contributed by atoms with E-state index in [-0.39, 0.29) is 5.91 Å². The molecule has 0 fully saturated rings. The highest BCUT2D eigenvalue weighted by Crippen LogP contribution is 2.27. The summed E-state index contributed by atoms with van der Waals surface area (Å²) in [7, 11) is 3.39. The van der Waals surface area contributed by atoms with E-state index >= 15 is 0 Å². The highest BCUT2D eigenvalue weighted by Gasteiger charge is 2.16. The maximum Gasteiger partial charge on any atom is 0.258 e. The van der Waals surface area contributed by atoms with Crippen LogP contribution in [-0.4, -0.2) is 20.1 Å². The monoisotopic (exact) mass is 347 g/mol. The summed E-state index contributed by atoms with van der Waals surface area (Å²) in [5, 5.41) is 0. The lowest BCUT2D eigenvalue weighted by Gasteiger charge is -2.20. The Morgan fingerprint density at radius 2 is 1.86 bits per heavy atom. The van der Waals surface area contributed by atoms with Crippen molar-refractivity contribution in [2.45, 2.75) is 13.8 Å². The molecule has 0 aliphatic heterocycles. The van der Waals surface area contributed by atoms with Crippen molar-refractivity contribution in [1.29, 1.82) is 0 Å². The first-order valence-corrected chi connectivity index (χ1v) is 7.42. The average Bonchev–Trinajstić information content (AvgIpc) is 2.45. The van der Waals surface area contributed by atoms with Crippen molar-refractivity contribution in [2.75, 3.05) is 19.1 Å². The predicted octanol–water partition coefficient (Wildman–Crippen LogP) is 4.35. The molecule has 0 aromatic heterocycles. The number of rotatable bonds is 3. The standard InChI is InChI=1S/C17H18BrNO2/c1-11-5-7-15(12(2)9-11)19(3)17(20)13-6-8-16(21-4)14(18)10-13/h5-10H,1-4H3. The molecule has 0 bridgehead atoms. The Morgan fingerprint density at radius 3 is 2.43 bits per heavy atom. The van der Waals surface area contributed by atoms with Crippen LogP contribution in [0.4, 0.5) is 5.69 Å². The van der Waals surface area contributed by atoms with Gasteiger partial charge in [0.15, 0.2) is 0 Å². The number of carbonyl (C=O) groups is 1. The van der Waals surface area contributed by atoms with E-state index in [1.807, 2.05) is 26.0 Å². The molecule has 0 N–H and O–H groups in total. The molecule has 0 saturated heterocycles. The molecule has 2 rings (SSSR count). The topological polar surface area (TPSA) is 29.5 Å². The molecule has 0 saturated carbocycles. The van der Waals surface area contributed by atoms with E-state index in [2.05, 4.69) is 22.0 Å². The van der Waals surface area contributed by atoms with Gasteiger partial charge in [-0.05, 0) is 59.6 Å². The zero-order valence-electron chi connectivity index (χ0n) is 12.6. The molecule has 0 radical (unpaired) electrons. The largest absolute Gasteiger partial charge is 0.496 e. The third-order valence-corrected chi connectivity index (χ3v) is 4.04. The Morgan fingerprint density at radius 1 is 1.14 bits per heavy atom. The molecule has 0 unspecified atom stereocenters. The van der Waals surface area contributed by atoms with Crippen LogP contribution in [-0.2, 0) is 0 Å². The van der Waals surface area contributed by atoms with E-state index in [0.29, 0.717) is 11.3 Å². The van der Waals surface area contributed by atoms with Crippen molar-refractivity contribution >= 4 is 27.5 Å². The highest BCUT2D eigenvalue weighted by atomic mass is 79.9. The SMILES string of the molecule is COc1ccc(C(=O)N(C)c2ccc(C)cc2C)cc1Br. The van der Waals surface area contributed by atoms with Gasteiger partial charge in [-0.1, -0.05) is 17.7 Å². The number of carbonyl (C=O) groups excluding carboxylic acids is 1. The van der Waals surface area contributed by atoms with Crippen LogP contribution in [0.15, 0.2) is 40.9 Å². The first-order chi connectivity index (χ1) is 9.93. The van der Waals surface area contributed by atoms with E-state index in [1.54, 1.807) is 37.3 Å². The first kappa shape index (κ1) is 15.6. The van der Waals surface area contributed by atoms with Gasteiger partial charge in [-0.15, -0.1) is 0 Å². The summed E-state index contributed by atoms with van der Waals surface area (Å²) >= 11 is 3.41. The highest BCUT2D eigenvalue weighted by molar-refractivity contribution is 9.10. The summed E-state index contributed by atoms with van der Waals surface area (Å²) in [6.45, 7) is 4.05. The van der Waals surface area contributed by atoms with Crippen molar-refractivity contribution in [2.24, 2.45) is 0 Å². The number of amides is 1. The summed E-state index contributed by atoms with van der Waals surface area (Å²) < 4.78 is 5.95. The van der Waals surface area contributed by atoms with Crippen molar-refractivity contribution in [3.8, 4) is 5.75 Å². The maximum atomic E-state index is 12.6. The Labute approximate surface area is 133 Å². The van der Waals surface area contributed by atoms with E-state index in [9.17, 15) is 4.79 Å². The number of hydrogen-bond donors (Lipinski definition) is 0. The smallest absolute Gasteiger partial charge is 0.258 e. The number of anilines is 1. The second-order valence-electron chi connectivity index (χ2n) is 5.00. The molecule has 0 aliphatic rings. The number of ether oxygens (including phenoxy) is 1. The van der Waals surface area contributed by atoms with Crippen molar-refractivity contribution in [3.05, 3.63) is 57.6 Å². The minimum atomic E-state index is -0.0506. The fraction of sp³-hybridized carbons (Fsp3) is 0.235. The predicted molar refractivity (Wildman–Crippen MR) is 89.3 cm³/mol. The zero-order valence-corrected chi connectivity index (χ0v) is 14.2. The minimum Gasteiger partial charge on any atom is -0.496 e. The van der Waals surface area contributed by atoms with E-state index < -0.39 is 0 Å². The third-order valence-electron chi connectivity index (χ3n) is 3.42. The molecule has 1 amide bonds. The number of methoxy groups -OCH3 is 1. The van der Waals surface area contributed by atoms with Crippen LogP contribution in [0, 0.1) is 13.8 Å². The number of aryl methyl sites for hydroxylation is 2. The number of hydrogen-bond acceptors (Lipinski definition) is 2. The quantitative estimate of drug-likeness (QED) is 0.825. The van der Waals surface area contributed by atoms with Gasteiger partial charge in [-0.25, -0.2) is 0 Å². The molecular formula is C17H18BrNO2. The number of nitrogens with zero attached hydrogens (tertiary/aromatic N) is 1. The van der Waals surface area contributed by atoms with E-state index in [1.165, 1.54) is 5.56 Å². The molecule has 2 aromatic rings. The van der Waals surface area contributed by atoms with Crippen LogP contribution in [0.2, 0.25) is 0 Å². The second-order valence-corrected chi connectivity index (χ2v) is 5.86. The number of halogens is 1. The Bertz CT molecular complexity index is 682. The van der Waals surface area contributed by atoms with Crippen LogP contribution < -0.4 is 9.64 Å². The molecule has 0 atom stereocenters. The Balaban J connectivity index is 2.32. The van der Waals surface area contributed by atoms with Gasteiger partial charge in [0, 0.05) is 18.3 Å². The minimum absolute atomic E-state index is 0.0506. The van der Waals surface area contributed by atoms with Gasteiger partial charge in [0.25, 0.3) is 5.91 Å². The van der Waals surface area contributed by atoms with Crippen molar-refractivity contribution in [1.82, 2.24) is 0 Å². The summed E-state index contributed by atoms with van der Waals surface area (Å²) in [6, 6.07) is 11.4. The summed E-state index contributed by atoms with van der Waals surface area (Å²) in [4.78, 5) is 14.3. The zero-order chi connectivity index (χ0) is 15.6. The molecule has 110 valence electrons. The van der Waals surface area contributed by atoms with Crippen LogP contribution >= 0.6 is 15.9 Å². The van der Waals surface area contributed by atoms with E-state index in [4.69, 9.17) is 4.74 Å². The Kier molecular flexibility index (Phi) is 4.68. The van der Waals surface area contributed by atoms with E-state index in [0.717, 1.165) is 15.7 Å². The lowest BCUT2D eigenvalue weighted by molar-refractivity contribution is 0.0993. The van der Waals surface area contributed by atoms with Crippen LogP contribution in [0.3, 0.4) is 0 Å².